The maximum Gasteiger partial charge on any atom is 0.317 e. The van der Waals surface area contributed by atoms with E-state index in [4.69, 9.17) is 52.1 Å². The molecule has 93 heavy (non-hydrogen) atoms. The lowest BCUT2D eigenvalue weighted by atomic mass is 9.33. The number of fused-ring (bicyclic) bond motifs is 7. The van der Waals surface area contributed by atoms with Gasteiger partial charge < -0.3 is 118 Å². The second kappa shape index (κ2) is 27.9. The van der Waals surface area contributed by atoms with Gasteiger partial charge in [0.25, 0.3) is 0 Å². The molecule has 532 valence electrons. The number of allylic oxidation sites excluding steroid dienone is 2. The molecule has 33 atom stereocenters. The molecule has 0 spiro atoms. The summed E-state index contributed by atoms with van der Waals surface area (Å²) < 4.78 is 65.0. The van der Waals surface area contributed by atoms with Crippen LogP contribution in [0, 0.1) is 50.2 Å². The predicted molar refractivity (Wildman–Crippen MR) is 317 cm³/mol. The minimum absolute atomic E-state index is 0.0870. The van der Waals surface area contributed by atoms with Crippen LogP contribution in [-0.2, 0) is 71.3 Å². The minimum atomic E-state index is -2.03. The molecule has 8 fully saturated rings. The Hall–Kier alpha value is -3.18. The molecule has 0 aromatic carbocycles. The number of carbonyl (C=O) groups excluding carboxylic acids is 4. The predicted octanol–water partition coefficient (Wildman–Crippen LogP) is -0.434. The van der Waals surface area contributed by atoms with Crippen LogP contribution in [0.2, 0.25) is 0 Å². The van der Waals surface area contributed by atoms with E-state index < -0.39 is 230 Å². The highest BCUT2D eigenvalue weighted by atomic mass is 16.8. The van der Waals surface area contributed by atoms with E-state index in [0.29, 0.717) is 32.1 Å². The zero-order chi connectivity index (χ0) is 68.7. The summed E-state index contributed by atoms with van der Waals surface area (Å²) in [6.45, 7) is 20.3. The molecule has 4 saturated heterocycles. The standard InChI is InChI=1S/C65H104O28/c1-27(67)19-40(71)84-28(2)20-41(72)85-29(3)21-42(73)89-52-32(6)88-58(53(50(52)81)91-56-49(80)46(77)51(31(5)87-56)90-55-47(78)44(75)36(69)25-83-55)93-59(82)65-18-17-60(7,8)22-34(65)33-13-14-38-61(9)23-35(68)54(92-57-48(79)45(76)43(74)30(4)86-57)62(10,26-66)37(61)15-16-63(38,11)64(33,12)24-39(65)70/h13,27-32,34-39,43-58,66-70,74-81H,14-26H2,1-12H3/t27-,28-,29-,30-,31-,32+,34-,35-,36+,37+,38+,39+,43-,44-,45+,46-,47+,48+,49+,50-,51-,52-,53+,54-,55-,56-,57-,58+,61-,62-,63+,64+,65+/m0/s1. The molecule has 0 amide bonds. The molecule has 4 aliphatic heterocycles. The molecule has 0 bridgehead atoms. The maximum absolute atomic E-state index is 15.9. The van der Waals surface area contributed by atoms with E-state index in [2.05, 4.69) is 40.7 Å². The van der Waals surface area contributed by atoms with Crippen molar-refractivity contribution in [1.29, 1.82) is 0 Å². The molecule has 13 N–H and O–H groups in total. The van der Waals surface area contributed by atoms with Crippen molar-refractivity contribution >= 4 is 23.9 Å². The summed E-state index contributed by atoms with van der Waals surface area (Å²) in [4.78, 5) is 54.5. The fourth-order valence-corrected chi connectivity index (χ4v) is 18.0. The summed E-state index contributed by atoms with van der Waals surface area (Å²) in [5, 5.41) is 145. The summed E-state index contributed by atoms with van der Waals surface area (Å²) in [5.74, 6) is -4.51. The molecule has 0 aromatic heterocycles. The van der Waals surface area contributed by atoms with Gasteiger partial charge in [-0.05, 0) is 132 Å². The molecule has 9 rings (SSSR count). The van der Waals surface area contributed by atoms with Crippen molar-refractivity contribution in [3.63, 3.8) is 0 Å². The van der Waals surface area contributed by atoms with Crippen LogP contribution in [0.1, 0.15) is 154 Å². The van der Waals surface area contributed by atoms with Crippen LogP contribution in [-0.4, -0.2) is 257 Å². The minimum Gasteiger partial charge on any atom is -0.462 e. The first-order chi connectivity index (χ1) is 43.3. The average Bonchev–Trinajstić information content (AvgIpc) is 0.671. The molecule has 4 saturated carbocycles. The van der Waals surface area contributed by atoms with Gasteiger partial charge in [-0.1, -0.05) is 53.2 Å². The van der Waals surface area contributed by atoms with Crippen LogP contribution in [0.4, 0.5) is 0 Å². The Morgan fingerprint density at radius 3 is 1.78 bits per heavy atom. The van der Waals surface area contributed by atoms with Gasteiger partial charge in [-0.25, -0.2) is 0 Å². The Labute approximate surface area is 542 Å². The zero-order valence-corrected chi connectivity index (χ0v) is 55.4. The van der Waals surface area contributed by atoms with Crippen LogP contribution in [0.3, 0.4) is 0 Å². The average molecular weight is 1330 g/mol. The van der Waals surface area contributed by atoms with Gasteiger partial charge >= 0.3 is 23.9 Å². The largest absolute Gasteiger partial charge is 0.462 e. The number of aliphatic hydroxyl groups excluding tert-OH is 13. The summed E-state index contributed by atoms with van der Waals surface area (Å²) in [7, 11) is 0. The topological polar surface area (TPSA) is 433 Å². The van der Waals surface area contributed by atoms with Crippen molar-refractivity contribution in [2.75, 3.05) is 13.2 Å². The van der Waals surface area contributed by atoms with Gasteiger partial charge in [0.1, 0.15) is 78.7 Å². The molecule has 28 nitrogen and oxygen atoms in total. The summed E-state index contributed by atoms with van der Waals surface area (Å²) in [5.41, 5.74) is -4.17. The SMILES string of the molecule is C[C@H](O)CC(=O)O[C@@H](C)CC(=O)O[C@@H](C)CC(=O)O[C@@H]1[C@H](O)[C@@H](O[C@@H]2O[C@@H](C)[C@H](O[C@@H]3OC[C@@H](O)[C@H](O)[C@H]3O)[C@@H](O)[C@H]2O)[C@@H](OC(=O)[C@]23CCC(C)(C)C[C@H]2C2=CC[C@@H]4[C@@]5(C)C[C@H](O)[C@H](O[C@@H]6O[C@@H](C)[C@H](O)[C@@H](O)[C@H]6O)[C@@](C)(CO)[C@@H]5CC[C@@]4(C)[C@]2(C)C[C@H]3O)O[C@@H]1C. The molecule has 0 aromatic rings. The molecular weight excluding hydrogens is 1230 g/mol. The highest BCUT2D eigenvalue weighted by Gasteiger charge is 2.73. The smallest absolute Gasteiger partial charge is 0.317 e. The molecule has 28 heteroatoms. The van der Waals surface area contributed by atoms with Crippen molar-refractivity contribution in [3.8, 4) is 0 Å². The van der Waals surface area contributed by atoms with Crippen LogP contribution in [0.25, 0.3) is 0 Å². The Morgan fingerprint density at radius 1 is 0.570 bits per heavy atom. The zero-order valence-electron chi connectivity index (χ0n) is 55.4. The van der Waals surface area contributed by atoms with E-state index in [0.717, 1.165) is 5.57 Å². The lowest BCUT2D eigenvalue weighted by Gasteiger charge is -2.72. The quantitative estimate of drug-likeness (QED) is 0.0358. The summed E-state index contributed by atoms with van der Waals surface area (Å²) in [6.07, 6.45) is -33.3. The van der Waals surface area contributed by atoms with Crippen molar-refractivity contribution in [2.24, 2.45) is 50.2 Å². The molecule has 9 aliphatic rings. The Morgan fingerprint density at radius 2 is 1.14 bits per heavy atom. The third-order valence-electron chi connectivity index (χ3n) is 23.3. The first-order valence-corrected chi connectivity index (χ1v) is 33.1. The van der Waals surface area contributed by atoms with Gasteiger partial charge in [-0.3, -0.25) is 19.2 Å². The third kappa shape index (κ3) is 13.7. The van der Waals surface area contributed by atoms with E-state index in [1.807, 2.05) is 6.92 Å². The third-order valence-corrected chi connectivity index (χ3v) is 23.3. The normalized spacial score (nSPS) is 49.0. The van der Waals surface area contributed by atoms with Gasteiger partial charge in [-0.2, -0.15) is 0 Å². The van der Waals surface area contributed by atoms with Gasteiger partial charge in [-0.15, -0.1) is 0 Å². The van der Waals surface area contributed by atoms with Gasteiger partial charge in [0.15, 0.2) is 31.1 Å². The number of hydrogen-bond donors (Lipinski definition) is 13. The van der Waals surface area contributed by atoms with Crippen molar-refractivity contribution < 1.29 is 138 Å². The van der Waals surface area contributed by atoms with Gasteiger partial charge in [0.05, 0.1) is 75.2 Å². The Kier molecular flexibility index (Phi) is 22.2. The number of aliphatic hydroxyl groups is 13. The molecule has 0 unspecified atom stereocenters. The van der Waals surface area contributed by atoms with Crippen molar-refractivity contribution in [1.82, 2.24) is 0 Å². The Balaban J connectivity index is 0.975. The number of ether oxygens (including phenoxy) is 11. The number of carbonyl (C=O) groups is 4. The van der Waals surface area contributed by atoms with E-state index in [1.54, 1.807) is 0 Å². The van der Waals surface area contributed by atoms with Crippen LogP contribution < -0.4 is 0 Å². The van der Waals surface area contributed by atoms with E-state index in [9.17, 15) is 80.8 Å². The second-order valence-electron chi connectivity index (χ2n) is 30.4. The first-order valence-electron chi connectivity index (χ1n) is 33.1. The van der Waals surface area contributed by atoms with Crippen molar-refractivity contribution in [3.05, 3.63) is 11.6 Å². The van der Waals surface area contributed by atoms with Crippen LogP contribution in [0.5, 0.6) is 0 Å². The van der Waals surface area contributed by atoms with Gasteiger partial charge in [0, 0.05) is 5.41 Å². The van der Waals surface area contributed by atoms with E-state index in [1.165, 1.54) is 41.5 Å². The Bertz CT molecular complexity index is 2680. The highest BCUT2D eigenvalue weighted by molar-refractivity contribution is 5.80. The number of esters is 4. The summed E-state index contributed by atoms with van der Waals surface area (Å²) >= 11 is 0. The monoisotopic (exact) mass is 1330 g/mol. The lowest BCUT2D eigenvalue weighted by molar-refractivity contribution is -0.373. The fourth-order valence-electron chi connectivity index (χ4n) is 18.0. The molecule has 0 radical (unpaired) electrons. The maximum atomic E-state index is 15.9. The fraction of sp³-hybridized carbons (Fsp3) is 0.908. The highest BCUT2D eigenvalue weighted by Crippen LogP contribution is 2.76. The number of rotatable bonds is 18. The molecule has 4 heterocycles. The number of hydrogen-bond acceptors (Lipinski definition) is 28. The summed E-state index contributed by atoms with van der Waals surface area (Å²) in [6, 6.07) is 0. The van der Waals surface area contributed by atoms with Crippen LogP contribution in [0.15, 0.2) is 11.6 Å². The van der Waals surface area contributed by atoms with Crippen molar-refractivity contribution in [2.45, 2.75) is 307 Å². The van der Waals surface area contributed by atoms with Crippen LogP contribution >= 0.6 is 0 Å². The molecular formula is C65H104O28. The van der Waals surface area contributed by atoms with E-state index in [-0.39, 0.29) is 49.4 Å². The lowest BCUT2D eigenvalue weighted by Crippen LogP contribution is -2.70. The van der Waals surface area contributed by atoms with E-state index >= 15 is 4.79 Å². The second-order valence-corrected chi connectivity index (χ2v) is 30.4. The molecule has 5 aliphatic carbocycles. The first kappa shape index (κ1) is 74.1. The van der Waals surface area contributed by atoms with Gasteiger partial charge in [0.2, 0.25) is 6.29 Å².